The average molecular weight is 203 g/mol. The summed E-state index contributed by atoms with van der Waals surface area (Å²) in [6.45, 7) is 9.00. The predicted octanol–water partition coefficient (Wildman–Crippen LogP) is 3.42. The van der Waals surface area contributed by atoms with Gasteiger partial charge in [-0.1, -0.05) is 34.1 Å². The average Bonchev–Trinajstić information content (AvgIpc) is 2.14. The molecule has 2 N–H and O–H groups in total. The molecule has 0 fully saturated rings. The van der Waals surface area contributed by atoms with Gasteiger partial charge in [-0.2, -0.15) is 11.8 Å². The van der Waals surface area contributed by atoms with Crippen LogP contribution in [0.1, 0.15) is 53.4 Å². The lowest BCUT2D eigenvalue weighted by molar-refractivity contribution is 0.565. The summed E-state index contributed by atoms with van der Waals surface area (Å²) < 4.78 is 0. The second-order valence-corrected chi connectivity index (χ2v) is 5.44. The molecule has 0 saturated heterocycles. The lowest BCUT2D eigenvalue weighted by atomic mass is 10.1. The van der Waals surface area contributed by atoms with E-state index in [-0.39, 0.29) is 0 Å². The third kappa shape index (κ3) is 5.58. The van der Waals surface area contributed by atoms with Gasteiger partial charge in [-0.25, -0.2) is 0 Å². The first-order valence-electron chi connectivity index (χ1n) is 5.56. The highest BCUT2D eigenvalue weighted by Crippen LogP contribution is 2.25. The van der Waals surface area contributed by atoms with Gasteiger partial charge in [-0.05, 0) is 19.3 Å². The third-order valence-corrected chi connectivity index (χ3v) is 4.31. The first-order chi connectivity index (χ1) is 6.15. The van der Waals surface area contributed by atoms with Crippen LogP contribution in [0.25, 0.3) is 0 Å². The van der Waals surface area contributed by atoms with Crippen LogP contribution in [0, 0.1) is 0 Å². The minimum atomic E-state index is 0.397. The molecule has 1 nitrogen and oxygen atoms in total. The minimum Gasteiger partial charge on any atom is -0.327 e. The van der Waals surface area contributed by atoms with Gasteiger partial charge in [0.25, 0.3) is 0 Å². The molecule has 0 saturated carbocycles. The normalized spacial score (nSPS) is 18.2. The smallest absolute Gasteiger partial charge is 0.0199 e. The summed E-state index contributed by atoms with van der Waals surface area (Å²) in [5.74, 6) is 0. The molecule has 0 aromatic heterocycles. The molecule has 0 aromatic carbocycles. The number of thioether (sulfide) groups is 1. The monoisotopic (exact) mass is 203 g/mol. The zero-order valence-corrected chi connectivity index (χ0v) is 10.4. The van der Waals surface area contributed by atoms with E-state index in [1.54, 1.807) is 0 Å². The Morgan fingerprint density at radius 1 is 1.15 bits per heavy atom. The van der Waals surface area contributed by atoms with E-state index in [1.807, 2.05) is 0 Å². The minimum absolute atomic E-state index is 0.397. The largest absolute Gasteiger partial charge is 0.327 e. The van der Waals surface area contributed by atoms with Gasteiger partial charge < -0.3 is 5.73 Å². The molecule has 0 radical (unpaired) electrons. The molecule has 0 bridgehead atoms. The molecule has 0 aromatic rings. The van der Waals surface area contributed by atoms with Crippen molar-refractivity contribution in [2.75, 3.05) is 0 Å². The molecule has 0 amide bonds. The first-order valence-corrected chi connectivity index (χ1v) is 6.50. The number of rotatable bonds is 7. The van der Waals surface area contributed by atoms with E-state index in [0.29, 0.717) is 11.3 Å². The lowest BCUT2D eigenvalue weighted by Gasteiger charge is -2.24. The fraction of sp³-hybridized carbons (Fsp3) is 1.00. The van der Waals surface area contributed by atoms with E-state index >= 15 is 0 Å². The maximum absolute atomic E-state index is 6.12. The fourth-order valence-electron chi connectivity index (χ4n) is 1.41. The Morgan fingerprint density at radius 2 is 1.77 bits per heavy atom. The number of hydrogen-bond acceptors (Lipinski definition) is 2. The van der Waals surface area contributed by atoms with Crippen molar-refractivity contribution in [2.45, 2.75) is 69.9 Å². The van der Waals surface area contributed by atoms with Gasteiger partial charge in [0, 0.05) is 16.5 Å². The molecule has 13 heavy (non-hydrogen) atoms. The Balaban J connectivity index is 3.86. The topological polar surface area (TPSA) is 26.0 Å². The van der Waals surface area contributed by atoms with Crippen LogP contribution in [0.4, 0.5) is 0 Å². The van der Waals surface area contributed by atoms with Gasteiger partial charge in [0.15, 0.2) is 0 Å². The molecule has 0 spiro atoms. The molecule has 0 heterocycles. The van der Waals surface area contributed by atoms with Crippen LogP contribution in [0.3, 0.4) is 0 Å². The molecule has 0 aliphatic rings. The van der Waals surface area contributed by atoms with Crippen molar-refractivity contribution in [3.63, 3.8) is 0 Å². The highest BCUT2D eigenvalue weighted by molar-refractivity contribution is 8.00. The Hall–Kier alpha value is 0.310. The van der Waals surface area contributed by atoms with E-state index in [1.165, 1.54) is 25.7 Å². The molecular weight excluding hydrogens is 178 g/mol. The van der Waals surface area contributed by atoms with Crippen molar-refractivity contribution in [3.05, 3.63) is 0 Å². The van der Waals surface area contributed by atoms with Crippen LogP contribution < -0.4 is 5.73 Å². The highest BCUT2D eigenvalue weighted by atomic mass is 32.2. The second-order valence-electron chi connectivity index (χ2n) is 3.75. The van der Waals surface area contributed by atoms with Crippen LogP contribution in [0.15, 0.2) is 0 Å². The van der Waals surface area contributed by atoms with Crippen molar-refractivity contribution in [1.82, 2.24) is 0 Å². The Labute approximate surface area is 87.9 Å². The quantitative estimate of drug-likeness (QED) is 0.686. The molecule has 0 rings (SSSR count). The number of hydrogen-bond donors (Lipinski definition) is 1. The van der Waals surface area contributed by atoms with Crippen LogP contribution in [-0.2, 0) is 0 Å². The third-order valence-electron chi connectivity index (χ3n) is 2.48. The predicted molar refractivity (Wildman–Crippen MR) is 64.3 cm³/mol. The zero-order chi connectivity index (χ0) is 10.3. The van der Waals surface area contributed by atoms with Crippen LogP contribution in [-0.4, -0.2) is 16.5 Å². The standard InChI is InChI=1S/C11H25NS/c1-5-8-10(12)11(7-3)13-9(4)6-2/h9-11H,5-8,12H2,1-4H3. The summed E-state index contributed by atoms with van der Waals surface area (Å²) >= 11 is 2.07. The number of nitrogens with two attached hydrogens (primary N) is 1. The summed E-state index contributed by atoms with van der Waals surface area (Å²) in [6, 6.07) is 0.397. The van der Waals surface area contributed by atoms with Crippen LogP contribution >= 0.6 is 11.8 Å². The van der Waals surface area contributed by atoms with E-state index in [0.717, 1.165) is 5.25 Å². The van der Waals surface area contributed by atoms with Crippen molar-refractivity contribution in [2.24, 2.45) is 5.73 Å². The SMILES string of the molecule is CCCC(N)C(CC)SC(C)CC. The highest BCUT2D eigenvalue weighted by Gasteiger charge is 2.17. The molecule has 0 aliphatic carbocycles. The summed E-state index contributed by atoms with van der Waals surface area (Å²) in [6.07, 6.45) is 4.83. The Bertz CT molecular complexity index is 117. The zero-order valence-electron chi connectivity index (χ0n) is 9.55. The summed E-state index contributed by atoms with van der Waals surface area (Å²) in [5.41, 5.74) is 6.12. The van der Waals surface area contributed by atoms with Gasteiger partial charge in [-0.3, -0.25) is 0 Å². The first kappa shape index (κ1) is 13.3. The fourth-order valence-corrected chi connectivity index (χ4v) is 2.73. The summed E-state index contributed by atoms with van der Waals surface area (Å²) in [5, 5.41) is 1.42. The molecule has 3 atom stereocenters. The van der Waals surface area contributed by atoms with E-state index in [9.17, 15) is 0 Å². The maximum atomic E-state index is 6.12. The van der Waals surface area contributed by atoms with Crippen LogP contribution in [0.5, 0.6) is 0 Å². The van der Waals surface area contributed by atoms with Gasteiger partial charge in [0.05, 0.1) is 0 Å². The van der Waals surface area contributed by atoms with Crippen molar-refractivity contribution < 1.29 is 0 Å². The van der Waals surface area contributed by atoms with E-state index < -0.39 is 0 Å². The maximum Gasteiger partial charge on any atom is 0.0199 e. The van der Waals surface area contributed by atoms with Crippen molar-refractivity contribution in [3.8, 4) is 0 Å². The summed E-state index contributed by atoms with van der Waals surface area (Å²) in [7, 11) is 0. The molecule has 0 aliphatic heterocycles. The van der Waals surface area contributed by atoms with E-state index in [2.05, 4.69) is 39.5 Å². The van der Waals surface area contributed by atoms with E-state index in [4.69, 9.17) is 5.73 Å². The van der Waals surface area contributed by atoms with Gasteiger partial charge in [0.2, 0.25) is 0 Å². The summed E-state index contributed by atoms with van der Waals surface area (Å²) in [4.78, 5) is 0. The van der Waals surface area contributed by atoms with Crippen molar-refractivity contribution in [1.29, 1.82) is 0 Å². The molecule has 2 heteroatoms. The lowest BCUT2D eigenvalue weighted by Crippen LogP contribution is -2.32. The van der Waals surface area contributed by atoms with Gasteiger partial charge in [-0.15, -0.1) is 0 Å². The second kappa shape index (κ2) is 7.69. The molecule has 3 unspecified atom stereocenters. The van der Waals surface area contributed by atoms with Gasteiger partial charge in [0.1, 0.15) is 0 Å². The molecular formula is C11H25NS. The van der Waals surface area contributed by atoms with Crippen LogP contribution in [0.2, 0.25) is 0 Å². The molecule has 80 valence electrons. The van der Waals surface area contributed by atoms with Crippen molar-refractivity contribution >= 4 is 11.8 Å². The van der Waals surface area contributed by atoms with Gasteiger partial charge >= 0.3 is 0 Å². The Morgan fingerprint density at radius 3 is 2.15 bits per heavy atom. The Kier molecular flexibility index (Phi) is 7.87.